The monoisotopic (exact) mass is 280 g/mol. The highest BCUT2D eigenvalue weighted by atomic mass is 14.1. The van der Waals surface area contributed by atoms with E-state index >= 15 is 0 Å². The summed E-state index contributed by atoms with van der Waals surface area (Å²) in [4.78, 5) is 0. The van der Waals surface area contributed by atoms with Crippen molar-refractivity contribution >= 4 is 0 Å². The lowest BCUT2D eigenvalue weighted by Crippen LogP contribution is -1.95. The van der Waals surface area contributed by atoms with Crippen molar-refractivity contribution in [3.8, 4) is 0 Å². The second-order valence-electron chi connectivity index (χ2n) is 6.56. The van der Waals surface area contributed by atoms with Gasteiger partial charge in [0.1, 0.15) is 0 Å². The van der Waals surface area contributed by atoms with Crippen molar-refractivity contribution in [3.63, 3.8) is 0 Å². The topological polar surface area (TPSA) is 0 Å². The van der Waals surface area contributed by atoms with E-state index in [9.17, 15) is 0 Å². The minimum atomic E-state index is 0.959. The number of hydrogen-bond donors (Lipinski definition) is 0. The molecule has 0 nitrogen and oxygen atoms in total. The Morgan fingerprint density at radius 3 is 1.75 bits per heavy atom. The van der Waals surface area contributed by atoms with Crippen molar-refractivity contribution in [2.45, 2.75) is 111 Å². The molecule has 0 bridgehead atoms. The van der Waals surface area contributed by atoms with E-state index in [1.807, 2.05) is 0 Å². The Balaban J connectivity index is 3.16. The summed E-state index contributed by atoms with van der Waals surface area (Å²) in [6, 6.07) is 0. The quantitative estimate of drug-likeness (QED) is 0.213. The molecule has 120 valence electrons. The fourth-order valence-electron chi connectivity index (χ4n) is 2.75. The Labute approximate surface area is 129 Å². The van der Waals surface area contributed by atoms with Crippen LogP contribution in [0, 0.1) is 5.92 Å². The highest BCUT2D eigenvalue weighted by Crippen LogP contribution is 2.18. The number of rotatable bonds is 15. The van der Waals surface area contributed by atoms with Crippen LogP contribution in [0.4, 0.5) is 0 Å². The van der Waals surface area contributed by atoms with Crippen molar-refractivity contribution in [2.75, 3.05) is 0 Å². The normalized spacial score (nSPS) is 13.2. The van der Waals surface area contributed by atoms with E-state index in [1.165, 1.54) is 89.9 Å². The van der Waals surface area contributed by atoms with Gasteiger partial charge in [0, 0.05) is 0 Å². The number of allylic oxidation sites excluding steroid dienone is 2. The molecule has 1 unspecified atom stereocenters. The highest BCUT2D eigenvalue weighted by molar-refractivity contribution is 4.80. The Kier molecular flexibility index (Phi) is 16.6. The predicted octanol–water partition coefficient (Wildman–Crippen LogP) is 7.68. The molecule has 20 heavy (non-hydrogen) atoms. The largest absolute Gasteiger partial charge is 0.0885 e. The molecule has 0 fully saturated rings. The van der Waals surface area contributed by atoms with Gasteiger partial charge in [-0.25, -0.2) is 0 Å². The third kappa shape index (κ3) is 15.8. The van der Waals surface area contributed by atoms with E-state index in [2.05, 4.69) is 32.9 Å². The molecular weight excluding hydrogens is 240 g/mol. The van der Waals surface area contributed by atoms with Crippen LogP contribution in [-0.4, -0.2) is 0 Å². The van der Waals surface area contributed by atoms with Gasteiger partial charge in [0.2, 0.25) is 0 Å². The van der Waals surface area contributed by atoms with E-state index < -0.39 is 0 Å². The zero-order chi connectivity index (χ0) is 14.9. The molecule has 0 saturated heterocycles. The fourth-order valence-corrected chi connectivity index (χ4v) is 2.75. The van der Waals surface area contributed by atoms with Gasteiger partial charge in [0.05, 0.1) is 0 Å². The van der Waals surface area contributed by atoms with Crippen LogP contribution < -0.4 is 0 Å². The van der Waals surface area contributed by atoms with Crippen molar-refractivity contribution in [1.82, 2.24) is 0 Å². The molecule has 0 heterocycles. The standard InChI is InChI=1S/C20H40/c1-4-6-8-10-11-12-13-15-17-19-20(3)18-16-14-9-7-5-2/h8,10,20H,4-7,9,11-19H2,1-3H3/b10-8+. The maximum absolute atomic E-state index is 2.45. The van der Waals surface area contributed by atoms with Crippen molar-refractivity contribution in [3.05, 3.63) is 12.2 Å². The summed E-state index contributed by atoms with van der Waals surface area (Å²) in [6.07, 6.45) is 24.4. The minimum Gasteiger partial charge on any atom is -0.0885 e. The molecule has 0 aromatic rings. The lowest BCUT2D eigenvalue weighted by molar-refractivity contribution is 0.434. The third-order valence-electron chi connectivity index (χ3n) is 4.24. The van der Waals surface area contributed by atoms with Gasteiger partial charge in [0.15, 0.2) is 0 Å². The Morgan fingerprint density at radius 1 is 0.600 bits per heavy atom. The van der Waals surface area contributed by atoms with Gasteiger partial charge in [-0.3, -0.25) is 0 Å². The van der Waals surface area contributed by atoms with E-state index in [0.29, 0.717) is 0 Å². The lowest BCUT2D eigenvalue weighted by atomic mass is 9.96. The van der Waals surface area contributed by atoms with Gasteiger partial charge < -0.3 is 0 Å². The summed E-state index contributed by atoms with van der Waals surface area (Å²) < 4.78 is 0. The van der Waals surface area contributed by atoms with Crippen molar-refractivity contribution in [2.24, 2.45) is 5.92 Å². The second kappa shape index (κ2) is 16.8. The molecule has 0 radical (unpaired) electrons. The maximum atomic E-state index is 2.45. The molecule has 0 spiro atoms. The van der Waals surface area contributed by atoms with E-state index in [1.54, 1.807) is 0 Å². The van der Waals surface area contributed by atoms with Crippen LogP contribution in [0.5, 0.6) is 0 Å². The smallest absolute Gasteiger partial charge is 0.0351 e. The second-order valence-corrected chi connectivity index (χ2v) is 6.56. The van der Waals surface area contributed by atoms with Crippen LogP contribution in [-0.2, 0) is 0 Å². The fraction of sp³-hybridized carbons (Fsp3) is 0.900. The third-order valence-corrected chi connectivity index (χ3v) is 4.24. The van der Waals surface area contributed by atoms with E-state index in [4.69, 9.17) is 0 Å². The molecule has 0 amide bonds. The Bertz CT molecular complexity index is 192. The van der Waals surface area contributed by atoms with Crippen LogP contribution in [0.25, 0.3) is 0 Å². The molecule has 0 aromatic heterocycles. The molecule has 0 aromatic carbocycles. The first-order valence-corrected chi connectivity index (χ1v) is 9.46. The van der Waals surface area contributed by atoms with Gasteiger partial charge in [0.25, 0.3) is 0 Å². The zero-order valence-electron chi connectivity index (χ0n) is 14.6. The lowest BCUT2D eigenvalue weighted by Gasteiger charge is -2.10. The molecule has 0 aliphatic heterocycles. The Morgan fingerprint density at radius 2 is 1.15 bits per heavy atom. The number of unbranched alkanes of at least 4 members (excludes halogenated alkanes) is 9. The summed E-state index contributed by atoms with van der Waals surface area (Å²) >= 11 is 0. The van der Waals surface area contributed by atoms with Gasteiger partial charge in [-0.1, -0.05) is 104 Å². The number of hydrogen-bond acceptors (Lipinski definition) is 0. The molecule has 0 rings (SSSR count). The van der Waals surface area contributed by atoms with Gasteiger partial charge in [-0.15, -0.1) is 0 Å². The summed E-state index contributed by atoms with van der Waals surface area (Å²) in [5, 5.41) is 0. The first-order chi connectivity index (χ1) is 9.81. The first kappa shape index (κ1) is 19.7. The predicted molar refractivity (Wildman–Crippen MR) is 94.3 cm³/mol. The minimum absolute atomic E-state index is 0.959. The average molecular weight is 281 g/mol. The van der Waals surface area contributed by atoms with Crippen LogP contribution in [0.1, 0.15) is 111 Å². The van der Waals surface area contributed by atoms with Crippen LogP contribution >= 0.6 is 0 Å². The van der Waals surface area contributed by atoms with Gasteiger partial charge in [-0.05, 0) is 25.2 Å². The SMILES string of the molecule is CCC/C=C/CCCCCCC(C)CCCCCCC. The van der Waals surface area contributed by atoms with Crippen LogP contribution in [0.2, 0.25) is 0 Å². The summed E-state index contributed by atoms with van der Waals surface area (Å²) in [5.41, 5.74) is 0. The summed E-state index contributed by atoms with van der Waals surface area (Å²) in [5.74, 6) is 0.959. The summed E-state index contributed by atoms with van der Waals surface area (Å²) in [7, 11) is 0. The first-order valence-electron chi connectivity index (χ1n) is 9.46. The van der Waals surface area contributed by atoms with E-state index in [-0.39, 0.29) is 0 Å². The van der Waals surface area contributed by atoms with E-state index in [0.717, 1.165) is 5.92 Å². The molecule has 1 atom stereocenters. The molecule has 0 aliphatic carbocycles. The maximum Gasteiger partial charge on any atom is -0.0351 e. The highest BCUT2D eigenvalue weighted by Gasteiger charge is 2.01. The average Bonchev–Trinajstić information content (AvgIpc) is 2.45. The molecule has 0 heteroatoms. The summed E-state index contributed by atoms with van der Waals surface area (Å²) in [6.45, 7) is 6.99. The van der Waals surface area contributed by atoms with Crippen LogP contribution in [0.15, 0.2) is 12.2 Å². The van der Waals surface area contributed by atoms with Crippen LogP contribution in [0.3, 0.4) is 0 Å². The van der Waals surface area contributed by atoms with Crippen molar-refractivity contribution in [1.29, 1.82) is 0 Å². The molecular formula is C20H40. The van der Waals surface area contributed by atoms with Crippen molar-refractivity contribution < 1.29 is 0 Å². The zero-order valence-corrected chi connectivity index (χ0v) is 14.6. The molecule has 0 N–H and O–H groups in total. The molecule has 0 saturated carbocycles. The Hall–Kier alpha value is -0.260. The molecule has 0 aliphatic rings. The van der Waals surface area contributed by atoms with Gasteiger partial charge >= 0.3 is 0 Å². The van der Waals surface area contributed by atoms with Gasteiger partial charge in [-0.2, -0.15) is 0 Å².